The normalized spacial score (nSPS) is 12.4. The van der Waals surface area contributed by atoms with E-state index in [2.05, 4.69) is 15.6 Å². The van der Waals surface area contributed by atoms with Gasteiger partial charge in [-0.1, -0.05) is 6.92 Å². The zero-order chi connectivity index (χ0) is 14.1. The minimum absolute atomic E-state index is 0.0149. The Kier molecular flexibility index (Phi) is 7.57. The molecule has 0 saturated carbocycles. The van der Waals surface area contributed by atoms with Crippen LogP contribution in [-0.4, -0.2) is 44.4 Å². The molecular weight excluding hydrogens is 266 g/mol. The van der Waals surface area contributed by atoms with Gasteiger partial charge in [0, 0.05) is 18.5 Å². The van der Waals surface area contributed by atoms with Crippen molar-refractivity contribution in [1.82, 2.24) is 10.3 Å². The van der Waals surface area contributed by atoms with Crippen LogP contribution in [-0.2, 0) is 14.3 Å². The molecule has 19 heavy (non-hydrogen) atoms. The molecule has 0 aliphatic heterocycles. The van der Waals surface area contributed by atoms with Crippen molar-refractivity contribution in [3.8, 4) is 0 Å². The zero-order valence-electron chi connectivity index (χ0n) is 11.6. The fourth-order valence-electron chi connectivity index (χ4n) is 1.42. The van der Waals surface area contributed by atoms with Gasteiger partial charge in [0.15, 0.2) is 5.13 Å². The van der Waals surface area contributed by atoms with E-state index in [4.69, 9.17) is 9.47 Å². The quantitative estimate of drug-likeness (QED) is 0.672. The van der Waals surface area contributed by atoms with Crippen LogP contribution in [0.15, 0.2) is 5.38 Å². The Bertz CT molecular complexity index is 384. The maximum absolute atomic E-state index is 11.6. The molecule has 0 aromatic carbocycles. The molecule has 1 rings (SSSR count). The molecule has 0 bridgehead atoms. The van der Waals surface area contributed by atoms with Gasteiger partial charge in [0.25, 0.3) is 5.91 Å². The van der Waals surface area contributed by atoms with Crippen molar-refractivity contribution in [3.63, 3.8) is 0 Å². The van der Waals surface area contributed by atoms with Crippen molar-refractivity contribution < 1.29 is 14.3 Å². The lowest BCUT2D eigenvalue weighted by molar-refractivity contribution is -0.121. The van der Waals surface area contributed by atoms with E-state index in [0.29, 0.717) is 18.3 Å². The lowest BCUT2D eigenvalue weighted by atomic mass is 10.3. The van der Waals surface area contributed by atoms with Gasteiger partial charge in [-0.3, -0.25) is 10.1 Å². The van der Waals surface area contributed by atoms with Crippen molar-refractivity contribution in [3.05, 3.63) is 11.1 Å². The van der Waals surface area contributed by atoms with Crippen molar-refractivity contribution in [2.24, 2.45) is 0 Å². The van der Waals surface area contributed by atoms with E-state index in [9.17, 15) is 4.79 Å². The topological polar surface area (TPSA) is 72.5 Å². The summed E-state index contributed by atoms with van der Waals surface area (Å²) in [5, 5.41) is 8.52. The molecular formula is C12H21N3O3S. The molecule has 1 heterocycles. The summed E-state index contributed by atoms with van der Waals surface area (Å²) in [6, 6.07) is 0.185. The number of anilines is 1. The van der Waals surface area contributed by atoms with Crippen LogP contribution in [0.5, 0.6) is 0 Å². The molecule has 1 aromatic heterocycles. The predicted octanol–water partition coefficient (Wildman–Crippen LogP) is 1.42. The van der Waals surface area contributed by atoms with Crippen LogP contribution in [0.25, 0.3) is 0 Å². The van der Waals surface area contributed by atoms with Gasteiger partial charge >= 0.3 is 0 Å². The molecule has 0 aliphatic carbocycles. The highest BCUT2D eigenvalue weighted by atomic mass is 32.1. The first-order valence-electron chi connectivity index (χ1n) is 6.22. The average molecular weight is 287 g/mol. The van der Waals surface area contributed by atoms with Gasteiger partial charge in [0.05, 0.1) is 18.9 Å². The second-order valence-corrected chi connectivity index (χ2v) is 4.81. The number of hydrogen-bond acceptors (Lipinski definition) is 6. The monoisotopic (exact) mass is 287 g/mol. The van der Waals surface area contributed by atoms with Gasteiger partial charge in [0.1, 0.15) is 6.61 Å². The molecule has 0 fully saturated rings. The van der Waals surface area contributed by atoms with Crippen LogP contribution in [0.1, 0.15) is 25.6 Å². The van der Waals surface area contributed by atoms with Crippen LogP contribution in [0, 0.1) is 0 Å². The van der Waals surface area contributed by atoms with Gasteiger partial charge < -0.3 is 14.8 Å². The molecule has 1 unspecified atom stereocenters. The summed E-state index contributed by atoms with van der Waals surface area (Å²) in [5.41, 5.74) is 0.933. The first-order valence-corrected chi connectivity index (χ1v) is 7.10. The third-order valence-corrected chi connectivity index (χ3v) is 3.16. The van der Waals surface area contributed by atoms with E-state index in [-0.39, 0.29) is 18.6 Å². The number of methoxy groups -OCH3 is 1. The van der Waals surface area contributed by atoms with Crippen LogP contribution in [0.4, 0.5) is 5.13 Å². The molecule has 0 saturated heterocycles. The van der Waals surface area contributed by atoms with Gasteiger partial charge in [-0.25, -0.2) is 4.98 Å². The van der Waals surface area contributed by atoms with Crippen LogP contribution < -0.4 is 10.6 Å². The molecule has 1 aromatic rings. The first-order chi connectivity index (χ1) is 9.17. The molecule has 6 nitrogen and oxygen atoms in total. The molecule has 0 aliphatic rings. The Balaban J connectivity index is 2.34. The van der Waals surface area contributed by atoms with Crippen LogP contribution in [0.2, 0.25) is 0 Å². The van der Waals surface area contributed by atoms with Crippen molar-refractivity contribution >= 4 is 22.4 Å². The lowest BCUT2D eigenvalue weighted by Crippen LogP contribution is -2.20. The van der Waals surface area contributed by atoms with Gasteiger partial charge in [-0.2, -0.15) is 0 Å². The standard InChI is InChI=1S/C12H21N3O3S/c1-4-13-9(2)10-8-19-12(14-10)15-11(16)7-18-6-5-17-3/h8-9,13H,4-7H2,1-3H3,(H,14,15,16). The molecule has 0 radical (unpaired) electrons. The highest BCUT2D eigenvalue weighted by molar-refractivity contribution is 7.13. The number of rotatable bonds is 9. The van der Waals surface area contributed by atoms with E-state index < -0.39 is 0 Å². The fourth-order valence-corrected chi connectivity index (χ4v) is 2.24. The van der Waals surface area contributed by atoms with E-state index in [1.54, 1.807) is 7.11 Å². The third kappa shape index (κ3) is 6.11. The Hall–Kier alpha value is -1.02. The number of carbonyl (C=O) groups excluding carboxylic acids is 1. The number of aromatic nitrogens is 1. The highest BCUT2D eigenvalue weighted by Gasteiger charge is 2.10. The van der Waals surface area contributed by atoms with E-state index in [0.717, 1.165) is 12.2 Å². The zero-order valence-corrected chi connectivity index (χ0v) is 12.4. The average Bonchev–Trinajstić information content (AvgIpc) is 2.83. The van der Waals surface area contributed by atoms with Crippen LogP contribution >= 0.6 is 11.3 Å². The maximum Gasteiger partial charge on any atom is 0.252 e. The van der Waals surface area contributed by atoms with E-state index in [1.165, 1.54) is 11.3 Å². The summed E-state index contributed by atoms with van der Waals surface area (Å²) in [4.78, 5) is 15.9. The molecule has 108 valence electrons. The second kappa shape index (κ2) is 8.98. The molecule has 2 N–H and O–H groups in total. The molecule has 1 amide bonds. The van der Waals surface area contributed by atoms with Crippen molar-refractivity contribution in [2.75, 3.05) is 38.8 Å². The largest absolute Gasteiger partial charge is 0.382 e. The highest BCUT2D eigenvalue weighted by Crippen LogP contribution is 2.20. The number of nitrogens with zero attached hydrogens (tertiary/aromatic N) is 1. The number of carbonyl (C=O) groups is 1. The second-order valence-electron chi connectivity index (χ2n) is 3.95. The number of ether oxygens (including phenoxy) is 2. The van der Waals surface area contributed by atoms with Gasteiger partial charge in [-0.15, -0.1) is 11.3 Å². The van der Waals surface area contributed by atoms with Crippen molar-refractivity contribution in [1.29, 1.82) is 0 Å². The fraction of sp³-hybridized carbons (Fsp3) is 0.667. The number of nitrogens with one attached hydrogen (secondary N) is 2. The lowest BCUT2D eigenvalue weighted by Gasteiger charge is -2.08. The minimum atomic E-state index is -0.201. The molecule has 1 atom stereocenters. The molecule has 0 spiro atoms. The summed E-state index contributed by atoms with van der Waals surface area (Å²) in [5.74, 6) is -0.201. The smallest absolute Gasteiger partial charge is 0.252 e. The molecule has 7 heteroatoms. The Morgan fingerprint density at radius 2 is 2.32 bits per heavy atom. The summed E-state index contributed by atoms with van der Waals surface area (Å²) in [7, 11) is 1.59. The third-order valence-electron chi connectivity index (χ3n) is 2.39. The van der Waals surface area contributed by atoms with E-state index in [1.807, 2.05) is 19.2 Å². The summed E-state index contributed by atoms with van der Waals surface area (Å²) >= 11 is 1.41. The number of amides is 1. The number of thiazole rings is 1. The Morgan fingerprint density at radius 1 is 1.53 bits per heavy atom. The van der Waals surface area contributed by atoms with E-state index >= 15 is 0 Å². The van der Waals surface area contributed by atoms with Gasteiger partial charge in [-0.05, 0) is 13.5 Å². The summed E-state index contributed by atoms with van der Waals surface area (Å²) in [6.45, 7) is 5.87. The summed E-state index contributed by atoms with van der Waals surface area (Å²) < 4.78 is 9.95. The Labute approximate surface area is 117 Å². The minimum Gasteiger partial charge on any atom is -0.382 e. The van der Waals surface area contributed by atoms with Crippen molar-refractivity contribution in [2.45, 2.75) is 19.9 Å². The number of hydrogen-bond donors (Lipinski definition) is 2. The van der Waals surface area contributed by atoms with Gasteiger partial charge in [0.2, 0.25) is 0 Å². The Morgan fingerprint density at radius 3 is 3.00 bits per heavy atom. The maximum atomic E-state index is 11.6. The predicted molar refractivity (Wildman–Crippen MR) is 75.5 cm³/mol. The van der Waals surface area contributed by atoms with Crippen LogP contribution in [0.3, 0.4) is 0 Å². The summed E-state index contributed by atoms with van der Waals surface area (Å²) in [6.07, 6.45) is 0. The SMILES string of the molecule is CCNC(C)c1csc(NC(=O)COCCOC)n1. The first kappa shape index (κ1) is 16.0.